The highest BCUT2D eigenvalue weighted by Gasteiger charge is 2.62. The molecule has 5 rings (SSSR count). The highest BCUT2D eigenvalue weighted by molar-refractivity contribution is 5.85. The fraction of sp³-hybridized carbons (Fsp3) is 0.200. The van der Waals surface area contributed by atoms with Crippen molar-refractivity contribution < 1.29 is 22.8 Å². The quantitative estimate of drug-likeness (QED) is 0.727. The number of halogens is 1. The summed E-state index contributed by atoms with van der Waals surface area (Å²) in [5, 5.41) is 2.93. The van der Waals surface area contributed by atoms with Crippen LogP contribution in [0.4, 0.5) is 4.39 Å². The topological polar surface area (TPSA) is 62.8 Å². The molecule has 1 fully saturated rings. The standard InChI is InChI=1S/C20H14FNO4/c21-13-5-6-15-14(9-13)16-17(18(16)26-15)19(23)22-10-11-1-3-12(4-2-11)20-24-7-8-25-20/h1-9,16-18H,10H2/p+1. The van der Waals surface area contributed by atoms with E-state index in [4.69, 9.17) is 13.6 Å². The number of carbonyl (C=O) groups is 1. The minimum Gasteiger partial charge on any atom is -0.489 e. The van der Waals surface area contributed by atoms with E-state index in [0.29, 0.717) is 18.3 Å². The van der Waals surface area contributed by atoms with E-state index in [1.54, 1.807) is 6.07 Å². The highest BCUT2D eigenvalue weighted by atomic mass is 19.1. The van der Waals surface area contributed by atoms with Crippen LogP contribution < -0.4 is 10.1 Å². The van der Waals surface area contributed by atoms with Crippen LogP contribution in [0.25, 0.3) is 11.5 Å². The van der Waals surface area contributed by atoms with Crippen molar-refractivity contribution in [3.05, 3.63) is 71.9 Å². The summed E-state index contributed by atoms with van der Waals surface area (Å²) in [4.78, 5) is 12.4. The van der Waals surface area contributed by atoms with Crippen LogP contribution in [0, 0.1) is 11.7 Å². The van der Waals surface area contributed by atoms with Gasteiger partial charge in [-0.15, -0.1) is 0 Å². The predicted octanol–water partition coefficient (Wildman–Crippen LogP) is 3.75. The summed E-state index contributed by atoms with van der Waals surface area (Å²) in [5.41, 5.74) is 2.59. The molecule has 1 aromatic heterocycles. The second-order valence-electron chi connectivity index (χ2n) is 6.53. The molecule has 0 saturated heterocycles. The van der Waals surface area contributed by atoms with Gasteiger partial charge in [0.15, 0.2) is 0 Å². The van der Waals surface area contributed by atoms with Crippen LogP contribution in [0.15, 0.2) is 63.8 Å². The molecule has 0 radical (unpaired) electrons. The maximum absolute atomic E-state index is 13.4. The maximum Gasteiger partial charge on any atom is 0.531 e. The molecule has 3 atom stereocenters. The van der Waals surface area contributed by atoms with Crippen molar-refractivity contribution in [3.63, 3.8) is 0 Å². The third-order valence-corrected chi connectivity index (χ3v) is 4.91. The van der Waals surface area contributed by atoms with E-state index >= 15 is 0 Å². The van der Waals surface area contributed by atoms with Crippen molar-refractivity contribution in [3.8, 4) is 17.3 Å². The molecule has 2 aromatic carbocycles. The zero-order valence-electron chi connectivity index (χ0n) is 13.6. The van der Waals surface area contributed by atoms with Crippen LogP contribution in [-0.2, 0) is 11.3 Å². The van der Waals surface area contributed by atoms with Crippen LogP contribution in [0.3, 0.4) is 0 Å². The summed E-state index contributed by atoms with van der Waals surface area (Å²) in [6, 6.07) is 12.0. The Morgan fingerprint density at radius 3 is 2.81 bits per heavy atom. The third-order valence-electron chi connectivity index (χ3n) is 4.91. The van der Waals surface area contributed by atoms with Gasteiger partial charge in [0.2, 0.25) is 5.91 Å². The summed E-state index contributed by atoms with van der Waals surface area (Å²) in [7, 11) is 0. The maximum atomic E-state index is 13.4. The van der Waals surface area contributed by atoms with Crippen LogP contribution >= 0.6 is 0 Å². The van der Waals surface area contributed by atoms with E-state index in [0.717, 1.165) is 16.7 Å². The molecule has 2 heterocycles. The Morgan fingerprint density at radius 1 is 1.19 bits per heavy atom. The van der Waals surface area contributed by atoms with Crippen LogP contribution in [0.2, 0.25) is 0 Å². The number of ether oxygens (including phenoxy) is 1. The average molecular weight is 352 g/mol. The monoisotopic (exact) mass is 352 g/mol. The smallest absolute Gasteiger partial charge is 0.489 e. The van der Waals surface area contributed by atoms with Gasteiger partial charge in [0.05, 0.1) is 5.92 Å². The van der Waals surface area contributed by atoms with Gasteiger partial charge in [0.1, 0.15) is 23.2 Å². The Labute approximate surface area is 148 Å². The fourth-order valence-corrected chi connectivity index (χ4v) is 3.55. The summed E-state index contributed by atoms with van der Waals surface area (Å²) in [5.74, 6) is 0.468. The fourth-order valence-electron chi connectivity index (χ4n) is 3.55. The number of nitrogens with one attached hydrogen (secondary N) is 1. The number of amides is 1. The number of benzene rings is 2. The molecule has 6 heteroatoms. The number of rotatable bonds is 4. The van der Waals surface area contributed by atoms with Gasteiger partial charge >= 0.3 is 5.96 Å². The Hall–Kier alpha value is -3.15. The minimum absolute atomic E-state index is 0.0383. The molecular formula is C20H15FNO4+. The molecule has 1 amide bonds. The van der Waals surface area contributed by atoms with Crippen molar-refractivity contribution in [2.24, 2.45) is 5.92 Å². The molecule has 3 aromatic rings. The number of fused-ring (bicyclic) bond motifs is 3. The van der Waals surface area contributed by atoms with Crippen LogP contribution in [0.1, 0.15) is 17.0 Å². The van der Waals surface area contributed by atoms with Gasteiger partial charge < -0.3 is 10.1 Å². The lowest BCUT2D eigenvalue weighted by Crippen LogP contribution is -2.27. The molecular weight excluding hydrogens is 337 g/mol. The van der Waals surface area contributed by atoms with Gasteiger partial charge in [0, 0.05) is 18.0 Å². The summed E-state index contributed by atoms with van der Waals surface area (Å²) >= 11 is 0. The van der Waals surface area contributed by atoms with Crippen molar-refractivity contribution in [1.82, 2.24) is 5.32 Å². The van der Waals surface area contributed by atoms with Crippen molar-refractivity contribution in [2.75, 3.05) is 0 Å². The first-order valence-electron chi connectivity index (χ1n) is 8.39. The van der Waals surface area contributed by atoms with Crippen LogP contribution in [-0.4, -0.2) is 12.0 Å². The number of hydrogen-bond donors (Lipinski definition) is 1. The lowest BCUT2D eigenvalue weighted by Gasteiger charge is -2.09. The molecule has 3 unspecified atom stereocenters. The molecule has 2 aliphatic rings. The number of carbonyl (C=O) groups excluding carboxylic acids is 1. The summed E-state index contributed by atoms with van der Waals surface area (Å²) < 4.78 is 29.5. The Morgan fingerprint density at radius 2 is 2.04 bits per heavy atom. The van der Waals surface area contributed by atoms with Gasteiger partial charge in [0.25, 0.3) is 12.5 Å². The normalized spacial score (nSPS) is 22.3. The summed E-state index contributed by atoms with van der Waals surface area (Å²) in [6.07, 6.45) is 2.78. The van der Waals surface area contributed by atoms with E-state index in [1.165, 1.54) is 24.7 Å². The van der Waals surface area contributed by atoms with Gasteiger partial charge in [-0.1, -0.05) is 12.1 Å². The molecule has 130 valence electrons. The SMILES string of the molecule is O=C(NCc1ccc(-c2occ[o+]2)cc1)C1C2Oc3ccc(F)cc3C21. The van der Waals surface area contributed by atoms with Gasteiger partial charge in [-0.25, -0.2) is 4.39 Å². The number of hydrogen-bond acceptors (Lipinski definition) is 3. The third kappa shape index (κ3) is 2.45. The highest BCUT2D eigenvalue weighted by Crippen LogP contribution is 2.58. The largest absolute Gasteiger partial charge is 0.531 e. The second-order valence-corrected chi connectivity index (χ2v) is 6.53. The molecule has 1 aliphatic carbocycles. The first-order chi connectivity index (χ1) is 12.7. The molecule has 0 bridgehead atoms. The first-order valence-corrected chi connectivity index (χ1v) is 8.39. The molecule has 1 aliphatic heterocycles. The van der Waals surface area contributed by atoms with Crippen molar-refractivity contribution >= 4 is 5.91 Å². The van der Waals surface area contributed by atoms with E-state index in [9.17, 15) is 9.18 Å². The average Bonchev–Trinajstić information content (AvgIpc) is 3.00. The Bertz CT molecular complexity index is 968. The molecule has 1 saturated carbocycles. The van der Waals surface area contributed by atoms with Gasteiger partial charge in [-0.05, 0) is 35.9 Å². The van der Waals surface area contributed by atoms with E-state index in [1.807, 2.05) is 24.3 Å². The summed E-state index contributed by atoms with van der Waals surface area (Å²) in [6.45, 7) is 0.417. The van der Waals surface area contributed by atoms with Gasteiger partial charge in [-0.3, -0.25) is 13.6 Å². The van der Waals surface area contributed by atoms with Crippen molar-refractivity contribution in [2.45, 2.75) is 18.6 Å². The molecule has 5 nitrogen and oxygen atoms in total. The van der Waals surface area contributed by atoms with Crippen LogP contribution in [0.5, 0.6) is 5.75 Å². The zero-order valence-corrected chi connectivity index (χ0v) is 13.6. The van der Waals surface area contributed by atoms with Crippen molar-refractivity contribution in [1.29, 1.82) is 0 Å². The van der Waals surface area contributed by atoms with E-state index in [-0.39, 0.29) is 29.7 Å². The molecule has 0 spiro atoms. The van der Waals surface area contributed by atoms with Gasteiger partial charge in [-0.2, -0.15) is 0 Å². The first kappa shape index (κ1) is 15.1. The zero-order chi connectivity index (χ0) is 17.7. The lowest BCUT2D eigenvalue weighted by molar-refractivity contribution is -0.123. The van der Waals surface area contributed by atoms with E-state index < -0.39 is 0 Å². The Kier molecular flexibility index (Phi) is 3.31. The molecule has 26 heavy (non-hydrogen) atoms. The second kappa shape index (κ2) is 5.69. The predicted molar refractivity (Wildman–Crippen MR) is 89.7 cm³/mol. The Balaban J connectivity index is 1.21. The molecule has 1 N–H and O–H groups in total. The minimum atomic E-state index is -0.303. The lowest BCUT2D eigenvalue weighted by atomic mass is 10.1. The van der Waals surface area contributed by atoms with E-state index in [2.05, 4.69) is 5.32 Å².